The molecule has 30 heavy (non-hydrogen) atoms. The van der Waals surface area contributed by atoms with Crippen molar-refractivity contribution in [1.29, 1.82) is 0 Å². The van der Waals surface area contributed by atoms with Gasteiger partial charge in [0.1, 0.15) is 24.7 Å². The minimum Gasteiger partial charge on any atom is -0.247 e. The van der Waals surface area contributed by atoms with Gasteiger partial charge in [0.15, 0.2) is 6.17 Å². The maximum Gasteiger partial charge on any atom is 0.162 e. The average molecular weight is 435 g/mol. The zero-order valence-electron chi connectivity index (χ0n) is 18.3. The summed E-state index contributed by atoms with van der Waals surface area (Å²) in [6, 6.07) is 0. The monoisotopic (exact) mass is 434 g/mol. The Bertz CT molecular complexity index is 536. The highest BCUT2D eigenvalue weighted by molar-refractivity contribution is 4.96. The van der Waals surface area contributed by atoms with Crippen LogP contribution in [-0.4, -0.2) is 30.9 Å². The first-order valence-corrected chi connectivity index (χ1v) is 12.5. The Balaban J connectivity index is 1.28. The van der Waals surface area contributed by atoms with Crippen LogP contribution in [-0.2, 0) is 0 Å². The molecule has 8 unspecified atom stereocenters. The summed E-state index contributed by atoms with van der Waals surface area (Å²) in [6.45, 7) is 2.31. The summed E-state index contributed by atoms with van der Waals surface area (Å²) in [5.74, 6) is 1.10. The molecule has 4 saturated carbocycles. The van der Waals surface area contributed by atoms with Crippen LogP contribution in [0.1, 0.15) is 84.0 Å². The molecule has 0 heterocycles. The van der Waals surface area contributed by atoms with Crippen molar-refractivity contribution in [1.82, 2.24) is 0 Å². The predicted molar refractivity (Wildman–Crippen MR) is 110 cm³/mol. The molecule has 0 nitrogen and oxygen atoms in total. The molecule has 0 saturated heterocycles. The molecule has 0 aliphatic heterocycles. The normalized spacial score (nSPS) is 53.4. The number of hydrogen-bond acceptors (Lipinski definition) is 0. The summed E-state index contributed by atoms with van der Waals surface area (Å²) in [7, 11) is 0. The number of halogens is 5. The molecule has 0 bridgehead atoms. The Morgan fingerprint density at radius 3 is 1.43 bits per heavy atom. The van der Waals surface area contributed by atoms with Crippen molar-refractivity contribution in [2.45, 2.75) is 115 Å². The van der Waals surface area contributed by atoms with Crippen LogP contribution in [0.15, 0.2) is 0 Å². The second-order valence-corrected chi connectivity index (χ2v) is 11.2. The lowest BCUT2D eigenvalue weighted by Gasteiger charge is -2.45. The Morgan fingerprint density at radius 2 is 0.867 bits per heavy atom. The van der Waals surface area contributed by atoms with Gasteiger partial charge in [-0.15, -0.1) is 0 Å². The lowest BCUT2D eigenvalue weighted by atomic mass is 9.62. The highest BCUT2D eigenvalue weighted by Gasteiger charge is 2.47. The summed E-state index contributed by atoms with van der Waals surface area (Å²) in [5.41, 5.74) is 0. The third kappa shape index (κ3) is 4.85. The zero-order valence-corrected chi connectivity index (χ0v) is 18.3. The van der Waals surface area contributed by atoms with Crippen LogP contribution < -0.4 is 0 Å². The van der Waals surface area contributed by atoms with E-state index in [1.807, 2.05) is 0 Å². The van der Waals surface area contributed by atoms with Crippen LogP contribution in [0, 0.1) is 41.4 Å². The van der Waals surface area contributed by atoms with Crippen molar-refractivity contribution < 1.29 is 22.0 Å². The Morgan fingerprint density at radius 1 is 0.433 bits per heavy atom. The van der Waals surface area contributed by atoms with Gasteiger partial charge in [-0.3, -0.25) is 0 Å². The van der Waals surface area contributed by atoms with E-state index < -0.39 is 42.7 Å². The minimum atomic E-state index is -2.06. The van der Waals surface area contributed by atoms with E-state index in [9.17, 15) is 13.2 Å². The highest BCUT2D eigenvalue weighted by Crippen LogP contribution is 2.49. The topological polar surface area (TPSA) is 0 Å². The van der Waals surface area contributed by atoms with Gasteiger partial charge in [-0.25, -0.2) is 22.0 Å². The first-order chi connectivity index (χ1) is 14.3. The van der Waals surface area contributed by atoms with E-state index in [1.165, 1.54) is 25.7 Å². The van der Waals surface area contributed by atoms with Gasteiger partial charge >= 0.3 is 0 Å². The lowest BCUT2D eigenvalue weighted by molar-refractivity contribution is -0.0365. The fourth-order valence-electron chi connectivity index (χ4n) is 7.49. The fourth-order valence-corrected chi connectivity index (χ4v) is 7.49. The van der Waals surface area contributed by atoms with Crippen molar-refractivity contribution in [3.05, 3.63) is 0 Å². The molecule has 0 spiro atoms. The first-order valence-electron chi connectivity index (χ1n) is 12.5. The van der Waals surface area contributed by atoms with Gasteiger partial charge in [-0.1, -0.05) is 19.8 Å². The van der Waals surface area contributed by atoms with E-state index in [0.717, 1.165) is 25.2 Å². The van der Waals surface area contributed by atoms with Crippen LogP contribution in [0.5, 0.6) is 0 Å². The molecule has 0 amide bonds. The first kappa shape index (κ1) is 22.8. The standard InChI is InChI=1S/C25H39F5/c1-14-2-4-15(5-3-14)16-6-8-19(21(26)10-16)17-7-9-20(22(27)11-17)18-12-23(28)25(30)24(29)13-18/h14-25H,2-13H2,1H3. The Labute approximate surface area is 178 Å². The van der Waals surface area contributed by atoms with Gasteiger partial charge in [-0.2, -0.15) is 0 Å². The van der Waals surface area contributed by atoms with Crippen LogP contribution >= 0.6 is 0 Å². The molecule has 4 aliphatic carbocycles. The Hall–Kier alpha value is -0.350. The minimum absolute atomic E-state index is 0.0402. The van der Waals surface area contributed by atoms with E-state index in [1.54, 1.807) is 0 Å². The van der Waals surface area contributed by atoms with Crippen molar-refractivity contribution in [3.8, 4) is 0 Å². The molecule has 0 aromatic rings. The van der Waals surface area contributed by atoms with Gasteiger partial charge in [-0.05, 0) is 106 Å². The largest absolute Gasteiger partial charge is 0.247 e. The molecule has 4 rings (SSSR count). The molecule has 0 radical (unpaired) electrons. The zero-order chi connectivity index (χ0) is 21.4. The quantitative estimate of drug-likeness (QED) is 0.398. The lowest BCUT2D eigenvalue weighted by Crippen LogP contribution is -2.44. The van der Waals surface area contributed by atoms with Gasteiger partial charge in [0.05, 0.1) is 0 Å². The summed E-state index contributed by atoms with van der Waals surface area (Å²) in [5, 5.41) is 0. The Kier molecular flexibility index (Phi) is 7.34. The van der Waals surface area contributed by atoms with Gasteiger partial charge in [0.25, 0.3) is 0 Å². The number of rotatable bonds is 3. The van der Waals surface area contributed by atoms with Crippen LogP contribution in [0.25, 0.3) is 0 Å². The van der Waals surface area contributed by atoms with E-state index in [4.69, 9.17) is 0 Å². The molecule has 5 heteroatoms. The maximum atomic E-state index is 15.2. The average Bonchev–Trinajstić information content (AvgIpc) is 2.72. The number of alkyl halides is 5. The van der Waals surface area contributed by atoms with Crippen LogP contribution in [0.4, 0.5) is 22.0 Å². The third-order valence-corrected chi connectivity index (χ3v) is 9.41. The predicted octanol–water partition coefficient (Wildman–Crippen LogP) is 7.75. The second kappa shape index (κ2) is 9.65. The maximum absolute atomic E-state index is 15.2. The van der Waals surface area contributed by atoms with E-state index >= 15 is 8.78 Å². The van der Waals surface area contributed by atoms with Crippen molar-refractivity contribution in [2.75, 3.05) is 0 Å². The number of hydrogen-bond donors (Lipinski definition) is 0. The molecular weight excluding hydrogens is 395 g/mol. The van der Waals surface area contributed by atoms with Crippen LogP contribution in [0.2, 0.25) is 0 Å². The molecule has 4 fully saturated rings. The summed E-state index contributed by atoms with van der Waals surface area (Å²) >= 11 is 0. The fraction of sp³-hybridized carbons (Fsp3) is 1.00. The molecule has 4 aliphatic rings. The molecule has 0 aromatic carbocycles. The van der Waals surface area contributed by atoms with Crippen molar-refractivity contribution in [2.24, 2.45) is 41.4 Å². The van der Waals surface area contributed by atoms with E-state index in [2.05, 4.69) is 6.92 Å². The summed E-state index contributed by atoms with van der Waals surface area (Å²) in [4.78, 5) is 0. The molecule has 174 valence electrons. The van der Waals surface area contributed by atoms with Crippen LogP contribution in [0.3, 0.4) is 0 Å². The van der Waals surface area contributed by atoms with Crippen molar-refractivity contribution in [3.63, 3.8) is 0 Å². The molecule has 0 aromatic heterocycles. The van der Waals surface area contributed by atoms with E-state index in [-0.39, 0.29) is 24.7 Å². The molecule has 0 N–H and O–H groups in total. The third-order valence-electron chi connectivity index (χ3n) is 9.41. The van der Waals surface area contributed by atoms with Crippen molar-refractivity contribution >= 4 is 0 Å². The van der Waals surface area contributed by atoms with Gasteiger partial charge in [0, 0.05) is 0 Å². The molecule has 8 atom stereocenters. The van der Waals surface area contributed by atoms with Gasteiger partial charge < -0.3 is 0 Å². The summed E-state index contributed by atoms with van der Waals surface area (Å²) in [6.07, 6.45) is 1.29. The van der Waals surface area contributed by atoms with E-state index in [0.29, 0.717) is 31.1 Å². The summed E-state index contributed by atoms with van der Waals surface area (Å²) < 4.78 is 71.3. The SMILES string of the molecule is CC1CCC(C2CCC(C3CCC(C4CC(F)C(F)C(F)C4)C(F)C3)C(F)C2)CC1. The second-order valence-electron chi connectivity index (χ2n) is 11.2. The highest BCUT2D eigenvalue weighted by atomic mass is 19.2. The molecular formula is C25H39F5. The van der Waals surface area contributed by atoms with Gasteiger partial charge in [0.2, 0.25) is 0 Å². The smallest absolute Gasteiger partial charge is 0.162 e.